The molecule has 0 aliphatic carbocycles. The van der Waals surface area contributed by atoms with Crippen molar-refractivity contribution in [3.63, 3.8) is 0 Å². The van der Waals surface area contributed by atoms with E-state index in [9.17, 15) is 13.2 Å². The average molecular weight is 536 g/mol. The Morgan fingerprint density at radius 2 is 2.06 bits per heavy atom. The van der Waals surface area contributed by atoms with Gasteiger partial charge in [-0.2, -0.15) is 4.31 Å². The maximum atomic E-state index is 13.8. The number of ether oxygens (including phenoxy) is 2. The van der Waals surface area contributed by atoms with Gasteiger partial charge in [-0.1, -0.05) is 23.5 Å². The van der Waals surface area contributed by atoms with Gasteiger partial charge in [0, 0.05) is 25.6 Å². The first kappa shape index (κ1) is 24.6. The van der Waals surface area contributed by atoms with Gasteiger partial charge in [0.05, 0.1) is 24.5 Å². The minimum atomic E-state index is -3.51. The van der Waals surface area contributed by atoms with Crippen molar-refractivity contribution in [3.8, 4) is 5.75 Å². The second-order valence-electron chi connectivity index (χ2n) is 8.95. The first-order chi connectivity index (χ1) is 16.9. The van der Waals surface area contributed by atoms with Gasteiger partial charge in [0.25, 0.3) is 10.0 Å². The van der Waals surface area contributed by atoms with Crippen LogP contribution in [-0.4, -0.2) is 63.1 Å². The number of aromatic nitrogens is 1. The third-order valence-electron chi connectivity index (χ3n) is 6.71. The predicted molar refractivity (Wildman–Crippen MR) is 138 cm³/mol. The normalized spacial score (nSPS) is 19.9. The molecule has 2 saturated heterocycles. The maximum absolute atomic E-state index is 13.8. The maximum Gasteiger partial charge on any atom is 0.252 e. The number of sulfonamides is 1. The fraction of sp³-hybridized carbons (Fsp3) is 0.500. The fourth-order valence-electron chi connectivity index (χ4n) is 4.73. The van der Waals surface area contributed by atoms with Crippen LogP contribution in [0, 0.1) is 12.8 Å². The van der Waals surface area contributed by atoms with Gasteiger partial charge in [0.1, 0.15) is 15.5 Å². The summed E-state index contributed by atoms with van der Waals surface area (Å²) >= 11 is 2.71. The van der Waals surface area contributed by atoms with Gasteiger partial charge in [-0.3, -0.25) is 9.69 Å². The molecule has 1 amide bonds. The van der Waals surface area contributed by atoms with Gasteiger partial charge in [0.15, 0.2) is 5.13 Å². The molecule has 8 nitrogen and oxygen atoms in total. The van der Waals surface area contributed by atoms with Gasteiger partial charge < -0.3 is 9.47 Å². The smallest absolute Gasteiger partial charge is 0.252 e. The van der Waals surface area contributed by atoms with E-state index in [2.05, 4.69) is 0 Å². The zero-order valence-corrected chi connectivity index (χ0v) is 22.3. The molecule has 0 saturated carbocycles. The molecular weight excluding hydrogens is 506 g/mol. The molecule has 0 N–H and O–H groups in total. The van der Waals surface area contributed by atoms with Crippen LogP contribution in [0.15, 0.2) is 33.9 Å². The molecule has 2 aliphatic rings. The number of amides is 1. The summed E-state index contributed by atoms with van der Waals surface area (Å²) in [5, 5.41) is 2.41. The number of aryl methyl sites for hydroxylation is 1. The Morgan fingerprint density at radius 3 is 2.71 bits per heavy atom. The van der Waals surface area contributed by atoms with E-state index >= 15 is 0 Å². The molecule has 1 atom stereocenters. The first-order valence-electron chi connectivity index (χ1n) is 11.8. The molecule has 3 aromatic rings. The monoisotopic (exact) mass is 535 g/mol. The molecule has 188 valence electrons. The average Bonchev–Trinajstić information content (AvgIpc) is 3.64. The summed E-state index contributed by atoms with van der Waals surface area (Å²) < 4.78 is 40.0. The van der Waals surface area contributed by atoms with Crippen molar-refractivity contribution >= 4 is 54.0 Å². The van der Waals surface area contributed by atoms with Gasteiger partial charge in [-0.25, -0.2) is 13.4 Å². The summed E-state index contributed by atoms with van der Waals surface area (Å²) in [7, 11) is -1.88. The predicted octanol–water partition coefficient (Wildman–Crippen LogP) is 4.29. The summed E-state index contributed by atoms with van der Waals surface area (Å²) in [5.41, 5.74) is 1.84. The number of carbonyl (C=O) groups is 1. The number of anilines is 1. The summed E-state index contributed by atoms with van der Waals surface area (Å²) in [5.74, 6) is 0.412. The van der Waals surface area contributed by atoms with Crippen LogP contribution in [0.5, 0.6) is 5.75 Å². The van der Waals surface area contributed by atoms with E-state index in [1.807, 2.05) is 19.1 Å². The molecule has 5 rings (SSSR count). The third kappa shape index (κ3) is 4.84. The van der Waals surface area contributed by atoms with Crippen LogP contribution in [0.2, 0.25) is 0 Å². The number of methoxy groups -OCH3 is 1. The van der Waals surface area contributed by atoms with Crippen molar-refractivity contribution in [2.75, 3.05) is 38.3 Å². The topological polar surface area (TPSA) is 89.0 Å². The van der Waals surface area contributed by atoms with E-state index in [0.717, 1.165) is 28.6 Å². The van der Waals surface area contributed by atoms with Crippen molar-refractivity contribution in [2.24, 2.45) is 5.92 Å². The number of rotatable bonds is 7. The third-order valence-corrected chi connectivity index (χ3v) is 11.2. The van der Waals surface area contributed by atoms with Gasteiger partial charge in [0.2, 0.25) is 5.91 Å². The Hall–Kier alpha value is -2.05. The summed E-state index contributed by atoms with van der Waals surface area (Å²) in [6, 6.07) is 7.27. The quantitative estimate of drug-likeness (QED) is 0.449. The number of fused-ring (bicyclic) bond motifs is 1. The molecule has 11 heteroatoms. The Bertz CT molecular complexity index is 1290. The van der Waals surface area contributed by atoms with E-state index in [0.29, 0.717) is 54.2 Å². The second kappa shape index (κ2) is 10.1. The molecule has 0 bridgehead atoms. The van der Waals surface area contributed by atoms with E-state index in [4.69, 9.17) is 14.5 Å². The van der Waals surface area contributed by atoms with Gasteiger partial charge in [-0.15, -0.1) is 11.3 Å². The highest BCUT2D eigenvalue weighted by molar-refractivity contribution is 7.91. The lowest BCUT2D eigenvalue weighted by Gasteiger charge is -2.33. The molecular formula is C24H29N3O5S3. The number of hydrogen-bond donors (Lipinski definition) is 0. The number of benzene rings is 1. The molecule has 1 aromatic carbocycles. The minimum Gasteiger partial charge on any atom is -0.494 e. The number of thiophene rings is 1. The highest BCUT2D eigenvalue weighted by Crippen LogP contribution is 2.38. The largest absolute Gasteiger partial charge is 0.494 e. The van der Waals surface area contributed by atoms with Crippen molar-refractivity contribution in [1.82, 2.24) is 9.29 Å². The van der Waals surface area contributed by atoms with E-state index in [-0.39, 0.29) is 17.9 Å². The van der Waals surface area contributed by atoms with Crippen LogP contribution >= 0.6 is 22.7 Å². The summed E-state index contributed by atoms with van der Waals surface area (Å²) in [4.78, 5) is 20.4. The minimum absolute atomic E-state index is 0.00986. The molecule has 4 heterocycles. The molecule has 2 aromatic heterocycles. The SMILES string of the molecule is COc1ccc(C)c2sc(N(CC3CCCO3)C(=O)C3CCN(S(=O)(=O)c4cccs4)CC3)nc12. The van der Waals surface area contributed by atoms with Crippen LogP contribution in [-0.2, 0) is 19.6 Å². The molecule has 0 radical (unpaired) electrons. The molecule has 1 unspecified atom stereocenters. The van der Waals surface area contributed by atoms with Gasteiger partial charge >= 0.3 is 0 Å². The van der Waals surface area contributed by atoms with Crippen LogP contribution < -0.4 is 9.64 Å². The molecule has 0 spiro atoms. The number of nitrogens with zero attached hydrogens (tertiary/aromatic N) is 3. The van der Waals surface area contributed by atoms with Crippen molar-refractivity contribution < 1.29 is 22.7 Å². The number of carbonyl (C=O) groups excluding carboxylic acids is 1. The molecule has 2 aliphatic heterocycles. The summed E-state index contributed by atoms with van der Waals surface area (Å²) in [6.45, 7) is 3.85. The Balaban J connectivity index is 1.39. The van der Waals surface area contributed by atoms with Crippen molar-refractivity contribution in [3.05, 3.63) is 35.2 Å². The van der Waals surface area contributed by atoms with Crippen LogP contribution in [0.4, 0.5) is 5.13 Å². The van der Waals surface area contributed by atoms with Crippen molar-refractivity contribution in [1.29, 1.82) is 0 Å². The lowest BCUT2D eigenvalue weighted by molar-refractivity contribution is -0.123. The molecule has 2 fully saturated rings. The Morgan fingerprint density at radius 1 is 1.26 bits per heavy atom. The van der Waals surface area contributed by atoms with Crippen LogP contribution in [0.3, 0.4) is 0 Å². The van der Waals surface area contributed by atoms with E-state index in [1.165, 1.54) is 27.0 Å². The number of hydrogen-bond acceptors (Lipinski definition) is 8. The Kier molecular flexibility index (Phi) is 7.13. The fourth-order valence-corrected chi connectivity index (χ4v) is 8.41. The van der Waals surface area contributed by atoms with Crippen LogP contribution in [0.1, 0.15) is 31.2 Å². The second-order valence-corrected chi connectivity index (χ2v) is 13.0. The number of piperidine rings is 1. The highest BCUT2D eigenvalue weighted by Gasteiger charge is 2.36. The zero-order valence-electron chi connectivity index (χ0n) is 19.8. The standard InChI is InChI=1S/C24H29N3O5S3/c1-16-7-8-19(31-2)21-22(16)34-24(25-21)27(15-18-5-3-13-32-18)23(28)17-9-11-26(12-10-17)35(29,30)20-6-4-14-33-20/h4,6-8,14,17-18H,3,5,9-13,15H2,1-2H3. The van der Waals surface area contributed by atoms with E-state index < -0.39 is 10.0 Å². The molecule has 35 heavy (non-hydrogen) atoms. The number of thiazole rings is 1. The summed E-state index contributed by atoms with van der Waals surface area (Å²) in [6.07, 6.45) is 2.85. The van der Waals surface area contributed by atoms with Gasteiger partial charge in [-0.05, 0) is 55.7 Å². The highest BCUT2D eigenvalue weighted by atomic mass is 32.2. The van der Waals surface area contributed by atoms with E-state index in [1.54, 1.807) is 29.5 Å². The first-order valence-corrected chi connectivity index (χ1v) is 14.9. The zero-order chi connectivity index (χ0) is 24.6. The van der Waals surface area contributed by atoms with Crippen LogP contribution in [0.25, 0.3) is 10.2 Å². The lowest BCUT2D eigenvalue weighted by atomic mass is 9.96. The Labute approximate surface area is 213 Å². The lowest BCUT2D eigenvalue weighted by Crippen LogP contribution is -2.46. The van der Waals surface area contributed by atoms with Crippen molar-refractivity contribution in [2.45, 2.75) is 42.9 Å².